The molecule has 1 heterocycles. The van der Waals surface area contributed by atoms with Crippen molar-refractivity contribution in [1.29, 1.82) is 0 Å². The summed E-state index contributed by atoms with van der Waals surface area (Å²) < 4.78 is 0. The monoisotopic (exact) mass is 323 g/mol. The first-order chi connectivity index (χ1) is 11.1. The van der Waals surface area contributed by atoms with Crippen molar-refractivity contribution < 1.29 is 4.79 Å². The first kappa shape index (κ1) is 15.2. The summed E-state index contributed by atoms with van der Waals surface area (Å²) in [6, 6.07) is 16.5. The molecule has 0 saturated heterocycles. The summed E-state index contributed by atoms with van der Waals surface area (Å²) in [5.74, 6) is -0.267. The largest absolute Gasteiger partial charge is 0.272 e. The van der Waals surface area contributed by atoms with Crippen LogP contribution in [0.15, 0.2) is 59.7 Å². The minimum atomic E-state index is -0.267. The van der Waals surface area contributed by atoms with E-state index >= 15 is 0 Å². The molecule has 1 amide bonds. The molecule has 2 aromatic carbocycles. The SMILES string of the molecule is Cc1cc(C(=O)N/N=C\c2ccc(Cl)cc2)c2ccccc2n1. The van der Waals surface area contributed by atoms with E-state index in [1.165, 1.54) is 0 Å². The van der Waals surface area contributed by atoms with E-state index in [0.29, 0.717) is 10.6 Å². The number of amides is 1. The van der Waals surface area contributed by atoms with Crippen molar-refractivity contribution >= 4 is 34.6 Å². The van der Waals surface area contributed by atoms with Gasteiger partial charge in [0, 0.05) is 16.1 Å². The Morgan fingerprint density at radius 2 is 1.91 bits per heavy atom. The molecule has 0 saturated carbocycles. The summed E-state index contributed by atoms with van der Waals surface area (Å²) in [4.78, 5) is 16.8. The van der Waals surface area contributed by atoms with Gasteiger partial charge in [-0.05, 0) is 36.8 Å². The molecule has 23 heavy (non-hydrogen) atoms. The van der Waals surface area contributed by atoms with Crippen LogP contribution in [0.1, 0.15) is 21.6 Å². The van der Waals surface area contributed by atoms with Crippen LogP contribution in [0.25, 0.3) is 10.9 Å². The molecular formula is C18H14ClN3O. The van der Waals surface area contributed by atoms with Crippen LogP contribution in [0.2, 0.25) is 5.02 Å². The average molecular weight is 324 g/mol. The number of nitrogens with one attached hydrogen (secondary N) is 1. The molecule has 114 valence electrons. The van der Waals surface area contributed by atoms with Crippen LogP contribution in [-0.2, 0) is 0 Å². The number of fused-ring (bicyclic) bond motifs is 1. The lowest BCUT2D eigenvalue weighted by molar-refractivity contribution is 0.0956. The lowest BCUT2D eigenvalue weighted by Gasteiger charge is -2.06. The fraction of sp³-hybridized carbons (Fsp3) is 0.0556. The van der Waals surface area contributed by atoms with E-state index in [1.807, 2.05) is 43.3 Å². The van der Waals surface area contributed by atoms with Crippen molar-refractivity contribution in [2.45, 2.75) is 6.92 Å². The van der Waals surface area contributed by atoms with Crippen molar-refractivity contribution in [3.05, 3.63) is 76.4 Å². The molecule has 4 nitrogen and oxygen atoms in total. The summed E-state index contributed by atoms with van der Waals surface area (Å²) in [7, 11) is 0. The van der Waals surface area contributed by atoms with Gasteiger partial charge < -0.3 is 0 Å². The van der Waals surface area contributed by atoms with Gasteiger partial charge in [0.25, 0.3) is 5.91 Å². The molecule has 1 N–H and O–H groups in total. The van der Waals surface area contributed by atoms with Crippen LogP contribution in [0.3, 0.4) is 0 Å². The second-order valence-electron chi connectivity index (χ2n) is 5.08. The van der Waals surface area contributed by atoms with E-state index in [-0.39, 0.29) is 5.91 Å². The van der Waals surface area contributed by atoms with Gasteiger partial charge in [0.15, 0.2) is 0 Å². The molecule has 0 aliphatic heterocycles. The highest BCUT2D eigenvalue weighted by atomic mass is 35.5. The number of benzene rings is 2. The summed E-state index contributed by atoms with van der Waals surface area (Å²) in [5.41, 5.74) is 5.54. The standard InChI is InChI=1S/C18H14ClN3O/c1-12-10-16(15-4-2-3-5-17(15)21-12)18(23)22-20-11-13-6-8-14(19)9-7-13/h2-11H,1H3,(H,22,23)/b20-11-. The van der Waals surface area contributed by atoms with Crippen LogP contribution >= 0.6 is 11.6 Å². The van der Waals surface area contributed by atoms with Crippen molar-refractivity contribution in [3.63, 3.8) is 0 Å². The van der Waals surface area contributed by atoms with Crippen LogP contribution in [0.5, 0.6) is 0 Å². The number of hydrogen-bond acceptors (Lipinski definition) is 3. The summed E-state index contributed by atoms with van der Waals surface area (Å²) in [5, 5.41) is 5.46. The number of hydrogen-bond donors (Lipinski definition) is 1. The quantitative estimate of drug-likeness (QED) is 0.586. The number of aromatic nitrogens is 1. The molecule has 0 aliphatic carbocycles. The maximum atomic E-state index is 12.4. The fourth-order valence-corrected chi connectivity index (χ4v) is 2.40. The molecular weight excluding hydrogens is 310 g/mol. The molecule has 0 radical (unpaired) electrons. The predicted octanol–water partition coefficient (Wildman–Crippen LogP) is 3.96. The van der Waals surface area contributed by atoms with Gasteiger partial charge in [-0.2, -0.15) is 5.10 Å². The average Bonchev–Trinajstić information content (AvgIpc) is 2.55. The van der Waals surface area contributed by atoms with Gasteiger partial charge in [-0.1, -0.05) is 41.9 Å². The lowest BCUT2D eigenvalue weighted by atomic mass is 10.1. The Bertz CT molecular complexity index is 888. The lowest BCUT2D eigenvalue weighted by Crippen LogP contribution is -2.18. The third kappa shape index (κ3) is 3.55. The van der Waals surface area contributed by atoms with Crippen LogP contribution in [-0.4, -0.2) is 17.1 Å². The summed E-state index contributed by atoms with van der Waals surface area (Å²) >= 11 is 5.83. The van der Waals surface area contributed by atoms with Gasteiger partial charge in [-0.3, -0.25) is 9.78 Å². The maximum Gasteiger partial charge on any atom is 0.272 e. The number of aryl methyl sites for hydroxylation is 1. The molecule has 5 heteroatoms. The van der Waals surface area contributed by atoms with Crippen molar-refractivity contribution in [2.24, 2.45) is 5.10 Å². The molecule has 0 atom stereocenters. The number of hydrazone groups is 1. The number of halogens is 1. The van der Waals surface area contributed by atoms with E-state index in [0.717, 1.165) is 22.2 Å². The van der Waals surface area contributed by atoms with E-state index in [1.54, 1.807) is 24.4 Å². The van der Waals surface area contributed by atoms with E-state index in [2.05, 4.69) is 15.5 Å². The number of para-hydroxylation sites is 1. The maximum absolute atomic E-state index is 12.4. The number of carbonyl (C=O) groups is 1. The number of pyridine rings is 1. The van der Waals surface area contributed by atoms with Crippen LogP contribution < -0.4 is 5.43 Å². The zero-order valence-electron chi connectivity index (χ0n) is 12.5. The van der Waals surface area contributed by atoms with E-state index in [4.69, 9.17) is 11.6 Å². The van der Waals surface area contributed by atoms with Gasteiger partial charge in [0.05, 0.1) is 17.3 Å². The summed E-state index contributed by atoms with van der Waals surface area (Å²) in [6.45, 7) is 1.86. The highest BCUT2D eigenvalue weighted by molar-refractivity contribution is 6.30. The molecule has 3 rings (SSSR count). The minimum Gasteiger partial charge on any atom is -0.267 e. The Hall–Kier alpha value is -2.72. The topological polar surface area (TPSA) is 54.4 Å². The third-order valence-electron chi connectivity index (χ3n) is 3.34. The van der Waals surface area contributed by atoms with Crippen molar-refractivity contribution in [3.8, 4) is 0 Å². The van der Waals surface area contributed by atoms with Gasteiger partial charge in [0.1, 0.15) is 0 Å². The predicted molar refractivity (Wildman–Crippen MR) is 93.0 cm³/mol. The molecule has 0 spiro atoms. The Morgan fingerprint density at radius 3 is 2.70 bits per heavy atom. The first-order valence-corrected chi connectivity index (χ1v) is 7.46. The third-order valence-corrected chi connectivity index (χ3v) is 3.59. The van der Waals surface area contributed by atoms with Crippen LogP contribution in [0, 0.1) is 6.92 Å². The Kier molecular flexibility index (Phi) is 4.35. The van der Waals surface area contributed by atoms with Crippen molar-refractivity contribution in [2.75, 3.05) is 0 Å². The number of rotatable bonds is 3. The molecule has 1 aromatic heterocycles. The second-order valence-corrected chi connectivity index (χ2v) is 5.52. The number of nitrogens with zero attached hydrogens (tertiary/aromatic N) is 2. The van der Waals surface area contributed by atoms with Crippen LogP contribution in [0.4, 0.5) is 0 Å². The summed E-state index contributed by atoms with van der Waals surface area (Å²) in [6.07, 6.45) is 1.57. The van der Waals surface area contributed by atoms with Gasteiger partial charge in [-0.15, -0.1) is 0 Å². The first-order valence-electron chi connectivity index (χ1n) is 7.09. The van der Waals surface area contributed by atoms with Crippen molar-refractivity contribution in [1.82, 2.24) is 10.4 Å². The zero-order valence-corrected chi connectivity index (χ0v) is 13.2. The zero-order chi connectivity index (χ0) is 16.2. The molecule has 3 aromatic rings. The normalized spacial score (nSPS) is 11.0. The highest BCUT2D eigenvalue weighted by Crippen LogP contribution is 2.18. The van der Waals surface area contributed by atoms with Gasteiger partial charge in [0.2, 0.25) is 0 Å². The Balaban J connectivity index is 1.82. The highest BCUT2D eigenvalue weighted by Gasteiger charge is 2.10. The Morgan fingerprint density at radius 1 is 1.17 bits per heavy atom. The van der Waals surface area contributed by atoms with E-state index < -0.39 is 0 Å². The molecule has 0 unspecified atom stereocenters. The Labute approximate surface area is 138 Å². The van der Waals surface area contributed by atoms with Gasteiger partial charge in [-0.25, -0.2) is 5.43 Å². The molecule has 0 bridgehead atoms. The van der Waals surface area contributed by atoms with Gasteiger partial charge >= 0.3 is 0 Å². The fourth-order valence-electron chi connectivity index (χ4n) is 2.27. The van der Waals surface area contributed by atoms with E-state index in [9.17, 15) is 4.79 Å². The number of carbonyl (C=O) groups excluding carboxylic acids is 1. The minimum absolute atomic E-state index is 0.267. The smallest absolute Gasteiger partial charge is 0.267 e. The molecule has 0 aliphatic rings. The molecule has 0 fully saturated rings. The second kappa shape index (κ2) is 6.58.